The van der Waals surface area contributed by atoms with Crippen molar-refractivity contribution in [1.29, 1.82) is 0 Å². The number of carbonyl (C=O) groups excluding carboxylic acids is 1. The molecule has 1 atom stereocenters. The highest BCUT2D eigenvalue weighted by atomic mass is 35.5. The number of halogens is 1. The van der Waals surface area contributed by atoms with Crippen molar-refractivity contribution in [3.05, 3.63) is 35.2 Å². The lowest BCUT2D eigenvalue weighted by Crippen LogP contribution is -2.36. The van der Waals surface area contributed by atoms with Gasteiger partial charge in [-0.3, -0.25) is 4.79 Å². The molecule has 1 unspecified atom stereocenters. The first-order valence-corrected chi connectivity index (χ1v) is 6.70. The molecule has 0 radical (unpaired) electrons. The van der Waals surface area contributed by atoms with Crippen LogP contribution in [0.2, 0.25) is 0 Å². The minimum atomic E-state index is 0. The Labute approximate surface area is 116 Å². The van der Waals surface area contributed by atoms with Gasteiger partial charge >= 0.3 is 0 Å². The summed E-state index contributed by atoms with van der Waals surface area (Å²) in [5, 5.41) is 9.33. The third kappa shape index (κ3) is 2.51. The lowest BCUT2D eigenvalue weighted by molar-refractivity contribution is 0.0942. The Morgan fingerprint density at radius 3 is 3.00 bits per heavy atom. The molecule has 1 saturated heterocycles. The molecule has 2 N–H and O–H groups in total. The lowest BCUT2D eigenvalue weighted by atomic mass is 10.1. The van der Waals surface area contributed by atoms with Crippen molar-refractivity contribution in [1.82, 2.24) is 10.6 Å². The molecule has 0 aliphatic carbocycles. The molecule has 1 aromatic carbocycles. The number of hydrogen-bond donors (Lipinski definition) is 2. The highest BCUT2D eigenvalue weighted by Gasteiger charge is 2.19. The standard InChI is InChI=1S/C13H14N2OS.ClH/c16-13(15-9-5-6-14-7-9)11-8-17-12-4-2-1-3-10(11)12;/h1-4,8-9,14H,5-7H2,(H,15,16);1H. The molecule has 0 saturated carbocycles. The number of carbonyl (C=O) groups is 1. The first-order valence-electron chi connectivity index (χ1n) is 5.82. The Morgan fingerprint density at radius 2 is 2.22 bits per heavy atom. The normalized spacial score (nSPS) is 18.6. The van der Waals surface area contributed by atoms with Gasteiger partial charge in [0.1, 0.15) is 0 Å². The maximum Gasteiger partial charge on any atom is 0.253 e. The van der Waals surface area contributed by atoms with E-state index in [1.165, 1.54) is 4.70 Å². The average Bonchev–Trinajstić information content (AvgIpc) is 2.96. The summed E-state index contributed by atoms with van der Waals surface area (Å²) in [5.74, 6) is 0.0520. The number of amides is 1. The summed E-state index contributed by atoms with van der Waals surface area (Å²) in [7, 11) is 0. The third-order valence-electron chi connectivity index (χ3n) is 3.12. The lowest BCUT2D eigenvalue weighted by Gasteiger charge is -2.10. The number of nitrogens with one attached hydrogen (secondary N) is 2. The summed E-state index contributed by atoms with van der Waals surface area (Å²) < 4.78 is 1.17. The van der Waals surface area contributed by atoms with Gasteiger partial charge in [0.25, 0.3) is 5.91 Å². The number of hydrogen-bond acceptors (Lipinski definition) is 3. The van der Waals surface area contributed by atoms with Crippen molar-refractivity contribution in [2.24, 2.45) is 0 Å². The van der Waals surface area contributed by atoms with Crippen LogP contribution in [0.3, 0.4) is 0 Å². The fourth-order valence-corrected chi connectivity index (χ4v) is 3.14. The molecule has 2 aromatic rings. The second-order valence-electron chi connectivity index (χ2n) is 4.31. The quantitative estimate of drug-likeness (QED) is 0.888. The molecule has 1 aliphatic heterocycles. The molecule has 1 fully saturated rings. The molecule has 0 spiro atoms. The Kier molecular flexibility index (Phi) is 4.22. The average molecular weight is 283 g/mol. The molecule has 0 bridgehead atoms. The van der Waals surface area contributed by atoms with Gasteiger partial charge in [0.05, 0.1) is 5.56 Å². The summed E-state index contributed by atoms with van der Waals surface area (Å²) in [5.41, 5.74) is 0.803. The molecule has 1 aromatic heterocycles. The highest BCUT2D eigenvalue weighted by Crippen LogP contribution is 2.25. The van der Waals surface area contributed by atoms with Gasteiger partial charge in [-0.05, 0) is 19.0 Å². The Hall–Kier alpha value is -1.10. The Bertz CT molecular complexity index is 549. The first kappa shape index (κ1) is 13.3. The smallest absolute Gasteiger partial charge is 0.253 e. The molecular weight excluding hydrogens is 268 g/mol. The van der Waals surface area contributed by atoms with Crippen LogP contribution in [0.4, 0.5) is 0 Å². The minimum absolute atomic E-state index is 0. The number of benzene rings is 1. The molecule has 2 heterocycles. The van der Waals surface area contributed by atoms with Crippen LogP contribution in [0, 0.1) is 0 Å². The molecule has 1 aliphatic rings. The molecule has 3 nitrogen and oxygen atoms in total. The van der Waals surface area contributed by atoms with Gasteiger partial charge in [-0.25, -0.2) is 0 Å². The van der Waals surface area contributed by atoms with Crippen molar-refractivity contribution >= 4 is 39.7 Å². The largest absolute Gasteiger partial charge is 0.348 e. The van der Waals surface area contributed by atoms with Gasteiger partial charge in [-0.2, -0.15) is 0 Å². The molecule has 5 heteroatoms. The number of fused-ring (bicyclic) bond motifs is 1. The molecule has 96 valence electrons. The number of thiophene rings is 1. The topological polar surface area (TPSA) is 41.1 Å². The molecule has 3 rings (SSSR count). The minimum Gasteiger partial charge on any atom is -0.348 e. The van der Waals surface area contributed by atoms with E-state index >= 15 is 0 Å². The third-order valence-corrected chi connectivity index (χ3v) is 4.08. The molecular formula is C13H15ClN2OS. The summed E-state index contributed by atoms with van der Waals surface area (Å²) in [6, 6.07) is 8.31. The van der Waals surface area contributed by atoms with Crippen molar-refractivity contribution in [2.75, 3.05) is 13.1 Å². The zero-order chi connectivity index (χ0) is 11.7. The van der Waals surface area contributed by atoms with Crippen LogP contribution < -0.4 is 10.6 Å². The second-order valence-corrected chi connectivity index (χ2v) is 5.22. The van der Waals surface area contributed by atoms with Gasteiger partial charge in [0.2, 0.25) is 0 Å². The van der Waals surface area contributed by atoms with E-state index < -0.39 is 0 Å². The fourth-order valence-electron chi connectivity index (χ4n) is 2.19. The molecule has 18 heavy (non-hydrogen) atoms. The van der Waals surface area contributed by atoms with Crippen LogP contribution in [-0.4, -0.2) is 25.0 Å². The van der Waals surface area contributed by atoms with Crippen LogP contribution in [0.1, 0.15) is 16.8 Å². The van der Waals surface area contributed by atoms with Crippen LogP contribution >= 0.6 is 23.7 Å². The van der Waals surface area contributed by atoms with Gasteiger partial charge in [0, 0.05) is 28.1 Å². The van der Waals surface area contributed by atoms with E-state index in [0.717, 1.165) is 30.5 Å². The predicted molar refractivity (Wildman–Crippen MR) is 77.8 cm³/mol. The summed E-state index contributed by atoms with van der Waals surface area (Å²) in [6.07, 6.45) is 1.02. The van der Waals surface area contributed by atoms with Gasteiger partial charge in [-0.1, -0.05) is 18.2 Å². The van der Waals surface area contributed by atoms with Gasteiger partial charge in [0.15, 0.2) is 0 Å². The van der Waals surface area contributed by atoms with E-state index in [-0.39, 0.29) is 24.4 Å². The Morgan fingerprint density at radius 1 is 1.39 bits per heavy atom. The van der Waals surface area contributed by atoms with E-state index in [0.29, 0.717) is 0 Å². The fraction of sp³-hybridized carbons (Fsp3) is 0.308. The predicted octanol–water partition coefficient (Wildman–Crippen LogP) is 2.41. The monoisotopic (exact) mass is 282 g/mol. The maximum absolute atomic E-state index is 12.1. The Balaban J connectivity index is 0.00000120. The van der Waals surface area contributed by atoms with Crippen LogP contribution in [0.25, 0.3) is 10.1 Å². The van der Waals surface area contributed by atoms with Crippen molar-refractivity contribution in [3.8, 4) is 0 Å². The summed E-state index contributed by atoms with van der Waals surface area (Å²) in [4.78, 5) is 12.1. The van der Waals surface area contributed by atoms with Gasteiger partial charge < -0.3 is 10.6 Å². The maximum atomic E-state index is 12.1. The van der Waals surface area contributed by atoms with Crippen molar-refractivity contribution in [2.45, 2.75) is 12.5 Å². The van der Waals surface area contributed by atoms with Crippen LogP contribution in [-0.2, 0) is 0 Å². The van der Waals surface area contributed by atoms with Crippen molar-refractivity contribution < 1.29 is 4.79 Å². The van der Waals surface area contributed by atoms with Crippen molar-refractivity contribution in [3.63, 3.8) is 0 Å². The van der Waals surface area contributed by atoms with E-state index in [2.05, 4.69) is 10.6 Å². The zero-order valence-electron chi connectivity index (χ0n) is 9.81. The highest BCUT2D eigenvalue weighted by molar-refractivity contribution is 7.17. The zero-order valence-corrected chi connectivity index (χ0v) is 11.4. The SMILES string of the molecule is Cl.O=C(NC1CCNC1)c1csc2ccccc12. The summed E-state index contributed by atoms with van der Waals surface area (Å²) >= 11 is 1.62. The first-order chi connectivity index (χ1) is 8.34. The van der Waals surface area contributed by atoms with E-state index in [9.17, 15) is 4.79 Å². The molecule has 1 amide bonds. The number of rotatable bonds is 2. The van der Waals surface area contributed by atoms with E-state index in [4.69, 9.17) is 0 Å². The van der Waals surface area contributed by atoms with E-state index in [1.807, 2.05) is 29.6 Å². The van der Waals surface area contributed by atoms with E-state index in [1.54, 1.807) is 11.3 Å². The van der Waals surface area contributed by atoms with Gasteiger partial charge in [-0.15, -0.1) is 23.7 Å². The second kappa shape index (κ2) is 5.69. The summed E-state index contributed by atoms with van der Waals surface area (Å²) in [6.45, 7) is 1.88. The van der Waals surface area contributed by atoms with Crippen LogP contribution in [0.5, 0.6) is 0 Å². The van der Waals surface area contributed by atoms with Crippen LogP contribution in [0.15, 0.2) is 29.6 Å².